The maximum absolute atomic E-state index is 12.8. The maximum atomic E-state index is 12.8. The SMILES string of the molecule is COc1ccc2cc(C(=O)N(C)CC3(O)CCCC3)c(C)nc2c1. The fourth-order valence-corrected chi connectivity index (χ4v) is 3.50. The first-order valence-electron chi connectivity index (χ1n) is 8.35. The van der Waals surface area contributed by atoms with Gasteiger partial charge in [-0.05, 0) is 38.0 Å². The van der Waals surface area contributed by atoms with Crippen molar-refractivity contribution in [2.45, 2.75) is 38.2 Å². The Hall–Kier alpha value is -2.14. The van der Waals surface area contributed by atoms with Gasteiger partial charge < -0.3 is 14.7 Å². The topological polar surface area (TPSA) is 62.7 Å². The Bertz CT molecular complexity index is 767. The van der Waals surface area contributed by atoms with Crippen molar-refractivity contribution in [1.29, 1.82) is 0 Å². The van der Waals surface area contributed by atoms with E-state index in [1.165, 1.54) is 0 Å². The van der Waals surface area contributed by atoms with Gasteiger partial charge in [0.2, 0.25) is 0 Å². The number of ether oxygens (including phenoxy) is 1. The predicted octanol–water partition coefficient (Wildman–Crippen LogP) is 2.93. The number of nitrogens with zero attached hydrogens (tertiary/aromatic N) is 2. The molecule has 0 bridgehead atoms. The van der Waals surface area contributed by atoms with E-state index < -0.39 is 5.60 Å². The number of hydrogen-bond acceptors (Lipinski definition) is 4. The largest absolute Gasteiger partial charge is 0.497 e. The van der Waals surface area contributed by atoms with E-state index in [1.807, 2.05) is 31.2 Å². The molecule has 0 radical (unpaired) electrons. The number of carbonyl (C=O) groups excluding carboxylic acids is 1. The normalized spacial score (nSPS) is 16.3. The minimum absolute atomic E-state index is 0.0990. The first-order valence-corrected chi connectivity index (χ1v) is 8.35. The van der Waals surface area contributed by atoms with E-state index in [2.05, 4.69) is 4.98 Å². The molecule has 1 fully saturated rings. The second-order valence-electron chi connectivity index (χ2n) is 6.77. The summed E-state index contributed by atoms with van der Waals surface area (Å²) in [5.41, 5.74) is 1.33. The lowest BCUT2D eigenvalue weighted by molar-refractivity contribution is 0.0156. The van der Waals surface area contributed by atoms with Gasteiger partial charge in [-0.3, -0.25) is 9.78 Å². The molecule has 0 atom stereocenters. The lowest BCUT2D eigenvalue weighted by atomic mass is 10.0. The highest BCUT2D eigenvalue weighted by molar-refractivity contribution is 5.98. The molecule has 24 heavy (non-hydrogen) atoms. The van der Waals surface area contributed by atoms with Crippen LogP contribution in [0.4, 0.5) is 0 Å². The number of benzene rings is 1. The van der Waals surface area contributed by atoms with Gasteiger partial charge in [-0.2, -0.15) is 0 Å². The van der Waals surface area contributed by atoms with Crippen LogP contribution in [-0.4, -0.2) is 47.2 Å². The zero-order valence-electron chi connectivity index (χ0n) is 14.5. The summed E-state index contributed by atoms with van der Waals surface area (Å²) in [6.45, 7) is 2.20. The van der Waals surface area contributed by atoms with Crippen LogP contribution in [0.1, 0.15) is 41.7 Å². The quantitative estimate of drug-likeness (QED) is 0.937. The molecule has 1 N–H and O–H groups in total. The number of methoxy groups -OCH3 is 1. The molecule has 1 aliphatic rings. The van der Waals surface area contributed by atoms with Gasteiger partial charge in [0.05, 0.1) is 29.5 Å². The molecule has 0 aliphatic heterocycles. The molecule has 2 aromatic rings. The van der Waals surface area contributed by atoms with Crippen molar-refractivity contribution in [2.75, 3.05) is 20.7 Å². The molecule has 3 rings (SSSR count). The van der Waals surface area contributed by atoms with Crippen LogP contribution < -0.4 is 4.74 Å². The van der Waals surface area contributed by atoms with E-state index in [-0.39, 0.29) is 5.91 Å². The third kappa shape index (κ3) is 3.22. The number of fused-ring (bicyclic) bond motifs is 1. The molecule has 1 heterocycles. The number of rotatable bonds is 4. The van der Waals surface area contributed by atoms with Gasteiger partial charge in [0.25, 0.3) is 5.91 Å². The van der Waals surface area contributed by atoms with E-state index in [0.717, 1.165) is 42.3 Å². The number of pyridine rings is 1. The molecule has 0 unspecified atom stereocenters. The molecule has 1 aromatic heterocycles. The Morgan fingerprint density at radius 2 is 2.04 bits per heavy atom. The van der Waals surface area contributed by atoms with Gasteiger partial charge >= 0.3 is 0 Å². The molecule has 1 aromatic carbocycles. The second-order valence-corrected chi connectivity index (χ2v) is 6.77. The number of carbonyl (C=O) groups is 1. The summed E-state index contributed by atoms with van der Waals surface area (Å²) in [4.78, 5) is 19.0. The van der Waals surface area contributed by atoms with Crippen molar-refractivity contribution in [3.8, 4) is 5.75 Å². The highest BCUT2D eigenvalue weighted by Gasteiger charge is 2.33. The van der Waals surface area contributed by atoms with Crippen molar-refractivity contribution in [1.82, 2.24) is 9.88 Å². The number of likely N-dealkylation sites (N-methyl/N-ethyl adjacent to an activating group) is 1. The molecule has 0 spiro atoms. The summed E-state index contributed by atoms with van der Waals surface area (Å²) in [5.74, 6) is 0.645. The van der Waals surface area contributed by atoms with Crippen molar-refractivity contribution in [3.63, 3.8) is 0 Å². The van der Waals surface area contributed by atoms with E-state index in [4.69, 9.17) is 4.74 Å². The third-order valence-electron chi connectivity index (χ3n) is 4.86. The van der Waals surface area contributed by atoms with Gasteiger partial charge in [-0.25, -0.2) is 0 Å². The number of aromatic nitrogens is 1. The number of hydrogen-bond donors (Lipinski definition) is 1. The summed E-state index contributed by atoms with van der Waals surface area (Å²) in [6, 6.07) is 7.50. The fourth-order valence-electron chi connectivity index (χ4n) is 3.50. The third-order valence-corrected chi connectivity index (χ3v) is 4.86. The Morgan fingerprint density at radius 1 is 1.33 bits per heavy atom. The van der Waals surface area contributed by atoms with Crippen LogP contribution in [-0.2, 0) is 0 Å². The number of amides is 1. The lowest BCUT2D eigenvalue weighted by Crippen LogP contribution is -2.42. The van der Waals surface area contributed by atoms with Crippen LogP contribution in [0.25, 0.3) is 10.9 Å². The van der Waals surface area contributed by atoms with Crippen molar-refractivity contribution < 1.29 is 14.6 Å². The standard InChI is InChI=1S/C19H24N2O3/c1-13-16(10-14-6-7-15(24-3)11-17(14)20-13)18(22)21(2)12-19(23)8-4-5-9-19/h6-7,10-11,23H,4-5,8-9,12H2,1-3H3. The number of aryl methyl sites for hydroxylation is 1. The summed E-state index contributed by atoms with van der Waals surface area (Å²) < 4.78 is 5.22. The van der Waals surface area contributed by atoms with Crippen LogP contribution in [0.3, 0.4) is 0 Å². The monoisotopic (exact) mass is 328 g/mol. The van der Waals surface area contributed by atoms with Crippen molar-refractivity contribution in [2.24, 2.45) is 0 Å². The van der Waals surface area contributed by atoms with E-state index in [0.29, 0.717) is 17.8 Å². The minimum atomic E-state index is -0.740. The minimum Gasteiger partial charge on any atom is -0.497 e. The Balaban J connectivity index is 1.87. The second kappa shape index (κ2) is 6.40. The molecule has 128 valence electrons. The Labute approximate surface area is 142 Å². The Morgan fingerprint density at radius 3 is 2.71 bits per heavy atom. The fraction of sp³-hybridized carbons (Fsp3) is 0.474. The molecule has 1 aliphatic carbocycles. The van der Waals surface area contributed by atoms with Crippen molar-refractivity contribution in [3.05, 3.63) is 35.5 Å². The van der Waals surface area contributed by atoms with Gasteiger partial charge in [0.1, 0.15) is 5.75 Å². The Kier molecular flexibility index (Phi) is 4.45. The van der Waals surface area contributed by atoms with Gasteiger partial charge in [-0.15, -0.1) is 0 Å². The highest BCUT2D eigenvalue weighted by atomic mass is 16.5. The molecular weight excluding hydrogens is 304 g/mol. The number of aliphatic hydroxyl groups is 1. The molecule has 5 heteroatoms. The molecule has 1 saturated carbocycles. The zero-order valence-corrected chi connectivity index (χ0v) is 14.5. The average molecular weight is 328 g/mol. The molecular formula is C19H24N2O3. The van der Waals surface area contributed by atoms with E-state index in [9.17, 15) is 9.90 Å². The van der Waals surface area contributed by atoms with E-state index in [1.54, 1.807) is 19.1 Å². The van der Waals surface area contributed by atoms with Gasteiger partial charge in [-0.1, -0.05) is 12.8 Å². The first kappa shape index (κ1) is 16.7. The average Bonchev–Trinajstić information content (AvgIpc) is 2.99. The lowest BCUT2D eigenvalue weighted by Gasteiger charge is -2.29. The van der Waals surface area contributed by atoms with Gasteiger partial charge in [0, 0.05) is 25.0 Å². The first-order chi connectivity index (χ1) is 11.4. The van der Waals surface area contributed by atoms with Crippen LogP contribution in [0, 0.1) is 6.92 Å². The molecule has 0 saturated heterocycles. The zero-order chi connectivity index (χ0) is 17.3. The molecule has 1 amide bonds. The molecule has 5 nitrogen and oxygen atoms in total. The van der Waals surface area contributed by atoms with Crippen LogP contribution in [0.15, 0.2) is 24.3 Å². The predicted molar refractivity (Wildman–Crippen MR) is 93.4 cm³/mol. The summed E-state index contributed by atoms with van der Waals surface area (Å²) in [7, 11) is 3.37. The van der Waals surface area contributed by atoms with Crippen LogP contribution in [0.2, 0.25) is 0 Å². The summed E-state index contributed by atoms with van der Waals surface area (Å²) in [5, 5.41) is 11.4. The summed E-state index contributed by atoms with van der Waals surface area (Å²) in [6.07, 6.45) is 3.58. The van der Waals surface area contributed by atoms with Gasteiger partial charge in [0.15, 0.2) is 0 Å². The maximum Gasteiger partial charge on any atom is 0.255 e. The van der Waals surface area contributed by atoms with Crippen molar-refractivity contribution >= 4 is 16.8 Å². The van der Waals surface area contributed by atoms with Crippen LogP contribution >= 0.6 is 0 Å². The summed E-state index contributed by atoms with van der Waals surface area (Å²) >= 11 is 0. The highest BCUT2D eigenvalue weighted by Crippen LogP contribution is 2.30. The van der Waals surface area contributed by atoms with E-state index >= 15 is 0 Å². The van der Waals surface area contributed by atoms with Crippen LogP contribution in [0.5, 0.6) is 5.75 Å². The smallest absolute Gasteiger partial charge is 0.255 e.